The Bertz CT molecular complexity index is 1220. The number of benzene rings is 3. The Morgan fingerprint density at radius 3 is 2.46 bits per heavy atom. The summed E-state index contributed by atoms with van der Waals surface area (Å²) in [6, 6.07) is 26.6. The minimum atomic E-state index is -0.0345. The van der Waals surface area contributed by atoms with E-state index < -0.39 is 0 Å². The number of likely N-dealkylation sites (tertiary alicyclic amines) is 1. The summed E-state index contributed by atoms with van der Waals surface area (Å²) in [5.41, 5.74) is 5.22. The van der Waals surface area contributed by atoms with E-state index >= 15 is 0 Å². The number of anilines is 2. The molecule has 0 spiro atoms. The fourth-order valence-corrected chi connectivity index (χ4v) is 5.18. The van der Waals surface area contributed by atoms with Crippen molar-refractivity contribution in [1.82, 2.24) is 4.90 Å². The zero-order chi connectivity index (χ0) is 24.2. The van der Waals surface area contributed by atoms with Crippen molar-refractivity contribution in [2.24, 2.45) is 0 Å². The molecule has 2 aliphatic heterocycles. The van der Waals surface area contributed by atoms with E-state index in [4.69, 9.17) is 0 Å². The van der Waals surface area contributed by atoms with Crippen LogP contribution in [0.25, 0.3) is 6.08 Å². The number of hydrogen-bond donors (Lipinski definition) is 0. The molecule has 35 heavy (non-hydrogen) atoms. The van der Waals surface area contributed by atoms with Gasteiger partial charge in [0.2, 0.25) is 5.91 Å². The summed E-state index contributed by atoms with van der Waals surface area (Å²) in [7, 11) is 0. The van der Waals surface area contributed by atoms with Crippen LogP contribution < -0.4 is 9.80 Å². The Morgan fingerprint density at radius 2 is 1.71 bits per heavy atom. The van der Waals surface area contributed by atoms with E-state index in [9.17, 15) is 9.59 Å². The zero-order valence-electron chi connectivity index (χ0n) is 20.1. The third kappa shape index (κ3) is 5.20. The molecule has 2 amide bonds. The van der Waals surface area contributed by atoms with Crippen LogP contribution in [0.15, 0.2) is 84.9 Å². The van der Waals surface area contributed by atoms with E-state index in [0.29, 0.717) is 6.54 Å². The molecule has 5 nitrogen and oxygen atoms in total. The monoisotopic (exact) mass is 465 g/mol. The molecule has 3 aromatic carbocycles. The van der Waals surface area contributed by atoms with Crippen molar-refractivity contribution in [3.8, 4) is 0 Å². The maximum atomic E-state index is 13.6. The Labute approximate surface area is 207 Å². The van der Waals surface area contributed by atoms with Crippen molar-refractivity contribution in [3.05, 3.63) is 102 Å². The van der Waals surface area contributed by atoms with Crippen LogP contribution in [-0.4, -0.2) is 42.4 Å². The van der Waals surface area contributed by atoms with Crippen LogP contribution in [0.3, 0.4) is 0 Å². The number of hydrogen-bond acceptors (Lipinski definition) is 3. The maximum Gasteiger partial charge on any atom is 0.251 e. The van der Waals surface area contributed by atoms with Gasteiger partial charge in [0.25, 0.3) is 5.91 Å². The molecule has 0 saturated carbocycles. The highest BCUT2D eigenvalue weighted by molar-refractivity contribution is 6.05. The van der Waals surface area contributed by atoms with Gasteiger partial charge < -0.3 is 9.80 Å². The van der Waals surface area contributed by atoms with Gasteiger partial charge in [-0.25, -0.2) is 0 Å². The van der Waals surface area contributed by atoms with E-state index in [-0.39, 0.29) is 17.9 Å². The van der Waals surface area contributed by atoms with Crippen LogP contribution in [0.1, 0.15) is 30.0 Å². The predicted octanol–water partition coefficient (Wildman–Crippen LogP) is 4.92. The van der Waals surface area contributed by atoms with Crippen molar-refractivity contribution in [2.45, 2.75) is 32.4 Å². The standard InChI is InChI=1S/C30H31N3O2/c1-23(34)32-19-16-26-13-14-27(20-29(26)32)33(30(35)15-12-24-8-4-2-5-9-24)28-17-18-31(22-28)21-25-10-6-3-7-11-25/h2-15,20,28H,16-19,21-22H2,1H3. The van der Waals surface area contributed by atoms with Crippen molar-refractivity contribution < 1.29 is 9.59 Å². The first-order chi connectivity index (χ1) is 17.1. The summed E-state index contributed by atoms with van der Waals surface area (Å²) in [5.74, 6) is 0.00499. The number of fused-ring (bicyclic) bond motifs is 1. The van der Waals surface area contributed by atoms with Crippen LogP contribution in [0.2, 0.25) is 0 Å². The SMILES string of the molecule is CC(=O)N1CCc2ccc(N(C(=O)C=Cc3ccccc3)C3CCN(Cc4ccccc4)C3)cc21. The minimum absolute atomic E-state index is 0.0345. The number of amides is 2. The quantitative estimate of drug-likeness (QED) is 0.486. The average molecular weight is 466 g/mol. The molecular weight excluding hydrogens is 434 g/mol. The fourth-order valence-electron chi connectivity index (χ4n) is 5.18. The molecule has 178 valence electrons. The zero-order valence-corrected chi connectivity index (χ0v) is 20.1. The summed E-state index contributed by atoms with van der Waals surface area (Å²) in [6.45, 7) is 4.93. The van der Waals surface area contributed by atoms with Gasteiger partial charge in [-0.05, 0) is 47.7 Å². The summed E-state index contributed by atoms with van der Waals surface area (Å²) in [6.07, 6.45) is 5.31. The van der Waals surface area contributed by atoms with Crippen LogP contribution in [0, 0.1) is 0 Å². The Morgan fingerprint density at radius 1 is 0.971 bits per heavy atom. The van der Waals surface area contributed by atoms with Gasteiger partial charge in [0.05, 0.1) is 6.04 Å². The molecular formula is C30H31N3O2. The molecule has 1 unspecified atom stereocenters. The molecule has 1 atom stereocenters. The van der Waals surface area contributed by atoms with Gasteiger partial charge in [-0.15, -0.1) is 0 Å². The highest BCUT2D eigenvalue weighted by atomic mass is 16.2. The normalized spacial score (nSPS) is 17.6. The fraction of sp³-hybridized carbons (Fsp3) is 0.267. The molecule has 5 rings (SSSR count). The van der Waals surface area contributed by atoms with E-state index in [2.05, 4.69) is 35.2 Å². The van der Waals surface area contributed by atoms with Crippen molar-refractivity contribution >= 4 is 29.3 Å². The molecule has 0 bridgehead atoms. The van der Waals surface area contributed by atoms with Crippen molar-refractivity contribution in [1.29, 1.82) is 0 Å². The van der Waals surface area contributed by atoms with E-state index in [1.807, 2.05) is 64.4 Å². The van der Waals surface area contributed by atoms with E-state index in [1.165, 1.54) is 5.56 Å². The van der Waals surface area contributed by atoms with Gasteiger partial charge in [0.15, 0.2) is 0 Å². The third-order valence-electron chi connectivity index (χ3n) is 6.94. The topological polar surface area (TPSA) is 43.9 Å². The first kappa shape index (κ1) is 23.1. The summed E-state index contributed by atoms with van der Waals surface area (Å²) in [5, 5.41) is 0. The molecule has 1 fully saturated rings. The van der Waals surface area contributed by atoms with Gasteiger partial charge in [-0.1, -0.05) is 66.7 Å². The van der Waals surface area contributed by atoms with Crippen molar-refractivity contribution in [3.63, 3.8) is 0 Å². The molecule has 2 aliphatic rings. The lowest BCUT2D eigenvalue weighted by Crippen LogP contribution is -2.41. The second-order valence-electron chi connectivity index (χ2n) is 9.35. The van der Waals surface area contributed by atoms with Crippen LogP contribution in [0.4, 0.5) is 11.4 Å². The highest BCUT2D eigenvalue weighted by Crippen LogP contribution is 2.34. The number of rotatable bonds is 6. The van der Waals surface area contributed by atoms with Gasteiger partial charge in [0, 0.05) is 50.6 Å². The Kier molecular flexibility index (Phi) is 6.77. The molecule has 2 heterocycles. The lowest BCUT2D eigenvalue weighted by atomic mass is 10.1. The number of carbonyl (C=O) groups excluding carboxylic acids is 2. The molecule has 0 N–H and O–H groups in total. The Balaban J connectivity index is 1.42. The van der Waals surface area contributed by atoms with E-state index in [1.54, 1.807) is 13.0 Å². The van der Waals surface area contributed by atoms with E-state index in [0.717, 1.165) is 55.0 Å². The summed E-state index contributed by atoms with van der Waals surface area (Å²) in [4.78, 5) is 32.0. The molecule has 1 saturated heterocycles. The molecule has 0 aromatic heterocycles. The minimum Gasteiger partial charge on any atom is -0.312 e. The number of carbonyl (C=O) groups is 2. The third-order valence-corrected chi connectivity index (χ3v) is 6.94. The van der Waals surface area contributed by atoms with Gasteiger partial charge >= 0.3 is 0 Å². The molecule has 0 radical (unpaired) electrons. The average Bonchev–Trinajstić information content (AvgIpc) is 3.51. The van der Waals surface area contributed by atoms with Crippen LogP contribution >= 0.6 is 0 Å². The van der Waals surface area contributed by atoms with Crippen LogP contribution in [-0.2, 0) is 22.6 Å². The van der Waals surface area contributed by atoms with Gasteiger partial charge in [-0.3, -0.25) is 14.5 Å². The highest BCUT2D eigenvalue weighted by Gasteiger charge is 2.32. The lowest BCUT2D eigenvalue weighted by molar-refractivity contribution is -0.116. The second kappa shape index (κ2) is 10.3. The van der Waals surface area contributed by atoms with Crippen LogP contribution in [0.5, 0.6) is 0 Å². The Hall–Kier alpha value is -3.70. The first-order valence-corrected chi connectivity index (χ1v) is 12.3. The maximum absolute atomic E-state index is 13.6. The second-order valence-corrected chi connectivity index (χ2v) is 9.35. The summed E-state index contributed by atoms with van der Waals surface area (Å²) >= 11 is 0. The predicted molar refractivity (Wildman–Crippen MR) is 141 cm³/mol. The smallest absolute Gasteiger partial charge is 0.251 e. The van der Waals surface area contributed by atoms with Crippen molar-refractivity contribution in [2.75, 3.05) is 29.4 Å². The molecule has 0 aliphatic carbocycles. The summed E-state index contributed by atoms with van der Waals surface area (Å²) < 4.78 is 0. The van der Waals surface area contributed by atoms with Gasteiger partial charge in [0.1, 0.15) is 0 Å². The number of nitrogens with zero attached hydrogens (tertiary/aromatic N) is 3. The van der Waals surface area contributed by atoms with Gasteiger partial charge in [-0.2, -0.15) is 0 Å². The molecule has 3 aromatic rings. The first-order valence-electron chi connectivity index (χ1n) is 12.3. The molecule has 5 heteroatoms. The largest absolute Gasteiger partial charge is 0.312 e. The lowest BCUT2D eigenvalue weighted by Gasteiger charge is -2.29.